The molecule has 22 heteroatoms. The van der Waals surface area contributed by atoms with Crippen LogP contribution in [0.5, 0.6) is 0 Å². The van der Waals surface area contributed by atoms with Gasteiger partial charge in [-0.15, -0.1) is 0 Å². The van der Waals surface area contributed by atoms with Gasteiger partial charge in [-0.3, -0.25) is 38.4 Å². The predicted octanol–water partition coefficient (Wildman–Crippen LogP) is 10.1. The number of nitrogens with one attached hydrogen (secondary N) is 6. The number of hydrogen-bond donors (Lipinski definition) is 8. The normalized spacial score (nSPS) is 12.6. The molecule has 10 N–H and O–H groups in total. The first-order chi connectivity index (χ1) is 45.2. The van der Waals surface area contributed by atoms with E-state index in [4.69, 9.17) is 35.2 Å². The summed E-state index contributed by atoms with van der Waals surface area (Å²) in [5, 5.41) is 16.9. The molecule has 4 atom stereocenters. The Hall–Kier alpha value is -5.45. The maximum absolute atomic E-state index is 13.9. The van der Waals surface area contributed by atoms with Crippen LogP contribution in [0.4, 0.5) is 0 Å². The van der Waals surface area contributed by atoms with E-state index in [9.17, 15) is 43.2 Å². The lowest BCUT2D eigenvalue weighted by molar-refractivity contribution is -0.168. The Morgan fingerprint density at radius 2 is 0.839 bits per heavy atom. The van der Waals surface area contributed by atoms with Crippen LogP contribution in [0.15, 0.2) is 24.3 Å². The molecule has 0 radical (unpaired) electrons. The molecule has 0 aromatic heterocycles. The summed E-state index contributed by atoms with van der Waals surface area (Å²) < 4.78 is 27.5. The molecule has 0 aliphatic rings. The highest BCUT2D eigenvalue weighted by molar-refractivity contribution is 5.86. The van der Waals surface area contributed by atoms with E-state index in [1.165, 1.54) is 77.0 Å². The van der Waals surface area contributed by atoms with Crippen molar-refractivity contribution in [3.05, 3.63) is 24.3 Å². The largest absolute Gasteiger partial charge is 0.464 e. The Balaban J connectivity index is 5.63. The first-order valence-electron chi connectivity index (χ1n) is 36.2. The van der Waals surface area contributed by atoms with Gasteiger partial charge in [0.15, 0.2) is 6.10 Å². The van der Waals surface area contributed by atoms with Crippen LogP contribution in [0.25, 0.3) is 0 Å². The number of rotatable bonds is 66. The minimum Gasteiger partial charge on any atom is -0.464 e. The van der Waals surface area contributed by atoms with E-state index < -0.39 is 66.5 Å². The van der Waals surface area contributed by atoms with Crippen molar-refractivity contribution in [3.8, 4) is 0 Å². The number of ether oxygens (including phenoxy) is 5. The number of unbranched alkanes of at least 4 members (excludes halogenated alkanes) is 25. The zero-order valence-electron chi connectivity index (χ0n) is 58.3. The lowest BCUT2D eigenvalue weighted by atomic mass is 10.1. The second kappa shape index (κ2) is 65.2. The maximum atomic E-state index is 13.9. The average molecular weight is 1320 g/mol. The molecule has 0 aromatic carbocycles. The van der Waals surface area contributed by atoms with E-state index in [2.05, 4.69) is 70.1 Å². The smallest absolute Gasteiger partial charge is 0.328 e. The summed E-state index contributed by atoms with van der Waals surface area (Å²) in [5.41, 5.74) is 11.4. The van der Waals surface area contributed by atoms with Gasteiger partial charge < -0.3 is 67.1 Å². The van der Waals surface area contributed by atoms with Gasteiger partial charge in [-0.1, -0.05) is 154 Å². The Labute approximate surface area is 560 Å². The molecule has 0 aliphatic carbocycles. The van der Waals surface area contributed by atoms with Gasteiger partial charge >= 0.3 is 29.8 Å². The molecule has 0 fully saturated rings. The van der Waals surface area contributed by atoms with E-state index in [0.29, 0.717) is 51.5 Å². The highest BCUT2D eigenvalue weighted by Gasteiger charge is 2.26. The minimum atomic E-state index is -1.23. The molecule has 4 amide bonds. The topological polar surface area (TPSA) is 324 Å². The molecule has 3 unspecified atom stereocenters. The second-order valence-corrected chi connectivity index (χ2v) is 24.4. The maximum Gasteiger partial charge on any atom is 0.328 e. The highest BCUT2D eigenvalue weighted by Crippen LogP contribution is 2.15. The standard InChI is InChI=1S/C71H130N8O14/c1-5-7-9-11-13-15-17-19-21-23-25-27-29-31-33-44-65(82)91-57-59(93-68(85)45-34-32-30-28-26-24-22-20-18-16-14-12-10-8-6-2)58-92-71(88)62(79-64(81)47-49-67(84)89-55-53-77-69(86)60(73)41-35-38-50-72)43-37-40-52-76-63(80)46-48-66(83)90-56-54-78-70(87)61(75-4)42-36-39-51-74-3/h19-22,59-62,74-75H,5-18,23-58,72-73H2,1-4H3,(H,76,80)(H,77,86)(H,78,87)(H,79,81)/b21-19-,22-20-/t59-,60?,61?,62?/m0/s1. The molecule has 0 aliphatic heterocycles. The van der Waals surface area contributed by atoms with Gasteiger partial charge in [0.2, 0.25) is 23.6 Å². The van der Waals surface area contributed by atoms with Crippen LogP contribution >= 0.6 is 0 Å². The Kier molecular flexibility index (Phi) is 61.4. The van der Waals surface area contributed by atoms with Gasteiger partial charge in [-0.05, 0) is 136 Å². The molecule has 22 nitrogen and oxygen atoms in total. The average Bonchev–Trinajstić information content (AvgIpc) is 2.82. The summed E-state index contributed by atoms with van der Waals surface area (Å²) in [6.07, 6.45) is 41.4. The van der Waals surface area contributed by atoms with Crippen LogP contribution in [0, 0.1) is 0 Å². The summed E-state index contributed by atoms with van der Waals surface area (Å²) >= 11 is 0. The van der Waals surface area contributed by atoms with Crippen LogP contribution in [0.1, 0.15) is 277 Å². The number of likely N-dealkylation sites (N-methyl/N-ethyl adjacent to an activating group) is 1. The number of nitrogens with two attached hydrogens (primary N) is 2. The number of allylic oxidation sites excluding steroid dienone is 4. The lowest BCUT2D eigenvalue weighted by Gasteiger charge is -2.21. The molecule has 0 spiro atoms. The fraction of sp³-hybridized carbons (Fsp3) is 0.817. The van der Waals surface area contributed by atoms with Crippen LogP contribution in [0.2, 0.25) is 0 Å². The van der Waals surface area contributed by atoms with Crippen LogP contribution < -0.4 is 43.4 Å². The predicted molar refractivity (Wildman–Crippen MR) is 367 cm³/mol. The number of hydrogen-bond acceptors (Lipinski definition) is 18. The Morgan fingerprint density at radius 3 is 1.35 bits per heavy atom. The molecule has 0 bridgehead atoms. The Bertz CT molecular complexity index is 2000. The second-order valence-electron chi connectivity index (χ2n) is 24.4. The molecule has 93 heavy (non-hydrogen) atoms. The van der Waals surface area contributed by atoms with E-state index in [0.717, 1.165) is 103 Å². The molecule has 0 saturated carbocycles. The van der Waals surface area contributed by atoms with Crippen molar-refractivity contribution in [2.75, 3.05) is 73.2 Å². The lowest BCUT2D eigenvalue weighted by Crippen LogP contribution is -2.43. The van der Waals surface area contributed by atoms with Gasteiger partial charge in [0.25, 0.3) is 0 Å². The van der Waals surface area contributed by atoms with Crippen molar-refractivity contribution in [2.24, 2.45) is 11.5 Å². The molecule has 0 aromatic rings. The summed E-state index contributed by atoms with van der Waals surface area (Å²) in [6.45, 7) is 5.15. The van der Waals surface area contributed by atoms with Gasteiger partial charge in [-0.2, -0.15) is 0 Å². The molecular weight excluding hydrogens is 1190 g/mol. The first-order valence-corrected chi connectivity index (χ1v) is 36.2. The SMILES string of the molecule is CCCCCCCC/C=C\CCCCCCCC(=O)OC[C@@H](COC(=O)C(CCCCNC(=O)CCC(=O)OCCNC(=O)C(CCCCNC)NC)NC(=O)CCC(=O)OCCNC(=O)C(N)CCCCN)OC(=O)CCCCCCC/C=C\CCCCCCCC. The van der Waals surface area contributed by atoms with E-state index in [-0.39, 0.29) is 102 Å². The van der Waals surface area contributed by atoms with Crippen molar-refractivity contribution < 1.29 is 66.8 Å². The van der Waals surface area contributed by atoms with Crippen LogP contribution in [-0.4, -0.2) is 151 Å². The molecule has 0 heterocycles. The number of amides is 4. The zero-order valence-corrected chi connectivity index (χ0v) is 58.3. The monoisotopic (exact) mass is 1320 g/mol. The van der Waals surface area contributed by atoms with Crippen molar-refractivity contribution >= 4 is 53.5 Å². The van der Waals surface area contributed by atoms with E-state index in [1.54, 1.807) is 7.05 Å². The van der Waals surface area contributed by atoms with Crippen molar-refractivity contribution in [1.29, 1.82) is 0 Å². The molecule has 0 saturated heterocycles. The van der Waals surface area contributed by atoms with E-state index in [1.807, 2.05) is 7.05 Å². The molecular formula is C71H130N8O14. The van der Waals surface area contributed by atoms with Crippen molar-refractivity contribution in [1.82, 2.24) is 31.9 Å². The fourth-order valence-electron chi connectivity index (χ4n) is 10.1. The van der Waals surface area contributed by atoms with Gasteiger partial charge in [0, 0.05) is 32.2 Å². The third-order valence-corrected chi connectivity index (χ3v) is 15.9. The summed E-state index contributed by atoms with van der Waals surface area (Å²) in [4.78, 5) is 116. The highest BCUT2D eigenvalue weighted by atomic mass is 16.6. The summed E-state index contributed by atoms with van der Waals surface area (Å²) in [6, 6.07) is -2.31. The number of carbonyl (C=O) groups is 9. The summed E-state index contributed by atoms with van der Waals surface area (Å²) in [5.74, 6) is -4.77. The van der Waals surface area contributed by atoms with Crippen molar-refractivity contribution in [2.45, 2.75) is 301 Å². The third kappa shape index (κ3) is 57.7. The number of carbonyl (C=O) groups excluding carboxylic acids is 9. The van der Waals surface area contributed by atoms with Gasteiger partial charge in [-0.25, -0.2) is 4.79 Å². The van der Waals surface area contributed by atoms with Gasteiger partial charge in [0.05, 0.1) is 38.0 Å². The van der Waals surface area contributed by atoms with Crippen LogP contribution in [0.3, 0.4) is 0 Å². The fourth-order valence-corrected chi connectivity index (χ4v) is 10.1. The van der Waals surface area contributed by atoms with Gasteiger partial charge in [0.1, 0.15) is 32.5 Å². The van der Waals surface area contributed by atoms with E-state index >= 15 is 0 Å². The quantitative estimate of drug-likeness (QED) is 0.0121. The molecule has 538 valence electrons. The van der Waals surface area contributed by atoms with Crippen LogP contribution in [-0.2, 0) is 66.8 Å². The minimum absolute atomic E-state index is 0.0193. The van der Waals surface area contributed by atoms with Crippen molar-refractivity contribution in [3.63, 3.8) is 0 Å². The zero-order chi connectivity index (χ0) is 68.5. The number of esters is 5. The summed E-state index contributed by atoms with van der Waals surface area (Å²) in [7, 11) is 3.59. The Morgan fingerprint density at radius 1 is 0.398 bits per heavy atom. The molecule has 0 rings (SSSR count). The first kappa shape index (κ1) is 87.5. The third-order valence-electron chi connectivity index (χ3n) is 15.9.